The lowest BCUT2D eigenvalue weighted by Gasteiger charge is -1.98. The Morgan fingerprint density at radius 2 is 1.92 bits per heavy atom. The number of hydrogen-bond donors (Lipinski definition) is 1. The van der Waals surface area contributed by atoms with Crippen LogP contribution in [0.5, 0.6) is 0 Å². The summed E-state index contributed by atoms with van der Waals surface area (Å²) in [6.07, 6.45) is 3.45. The molecule has 0 aliphatic carbocycles. The Balaban J connectivity index is 2.21. The normalized spacial score (nSPS) is 20.5. The first-order chi connectivity index (χ1) is 6.43. The Kier molecular flexibility index (Phi) is 1.34. The second-order valence-corrected chi connectivity index (χ2v) is 3.27. The summed E-state index contributed by atoms with van der Waals surface area (Å²) in [7, 11) is 0. The van der Waals surface area contributed by atoms with Gasteiger partial charge in [0.15, 0.2) is 0 Å². The molecule has 0 unspecified atom stereocenters. The van der Waals surface area contributed by atoms with Crippen LogP contribution in [0.25, 0.3) is 11.0 Å². The van der Waals surface area contributed by atoms with E-state index < -0.39 is 0 Å². The number of nitrogens with zero attached hydrogens (tertiary/aromatic N) is 2. The van der Waals surface area contributed by atoms with E-state index in [1.807, 2.05) is 6.07 Å². The van der Waals surface area contributed by atoms with E-state index in [0.29, 0.717) is 6.04 Å². The van der Waals surface area contributed by atoms with E-state index in [4.69, 9.17) is 0 Å². The number of nitrogens with one attached hydrogen (secondary N) is 1. The molecular formula is C10H9N3. The Hall–Kier alpha value is -1.48. The van der Waals surface area contributed by atoms with Gasteiger partial charge in [0.25, 0.3) is 0 Å². The lowest BCUT2D eigenvalue weighted by atomic mass is 10.1. The van der Waals surface area contributed by atoms with Gasteiger partial charge in [-0.25, -0.2) is 0 Å². The Labute approximate surface area is 75.8 Å². The molecule has 13 heavy (non-hydrogen) atoms. The summed E-state index contributed by atoms with van der Waals surface area (Å²) < 4.78 is 0. The molecule has 0 amide bonds. The molecule has 3 rings (SSSR count). The van der Waals surface area contributed by atoms with E-state index in [1.54, 1.807) is 12.4 Å². The molecule has 1 fully saturated rings. The van der Waals surface area contributed by atoms with E-state index in [-0.39, 0.29) is 0 Å². The molecule has 0 saturated carbocycles. The molecule has 1 atom stereocenters. The van der Waals surface area contributed by atoms with Crippen LogP contribution in [-0.2, 0) is 0 Å². The van der Waals surface area contributed by atoms with E-state index in [0.717, 1.165) is 17.6 Å². The molecule has 3 heteroatoms. The lowest BCUT2D eigenvalue weighted by molar-refractivity contribution is 1.08. The van der Waals surface area contributed by atoms with Crippen LogP contribution in [0.1, 0.15) is 11.6 Å². The lowest BCUT2D eigenvalue weighted by Crippen LogP contribution is -1.87. The van der Waals surface area contributed by atoms with Gasteiger partial charge in [-0.15, -0.1) is 0 Å². The van der Waals surface area contributed by atoms with Gasteiger partial charge in [0, 0.05) is 25.0 Å². The minimum atomic E-state index is 0.548. The van der Waals surface area contributed by atoms with Crippen LogP contribution >= 0.6 is 0 Å². The van der Waals surface area contributed by atoms with E-state index in [2.05, 4.69) is 27.4 Å². The van der Waals surface area contributed by atoms with Crippen LogP contribution in [-0.4, -0.2) is 16.5 Å². The molecule has 1 aliphatic rings. The molecule has 0 spiro atoms. The van der Waals surface area contributed by atoms with Crippen LogP contribution < -0.4 is 5.32 Å². The summed E-state index contributed by atoms with van der Waals surface area (Å²) in [4.78, 5) is 8.48. The van der Waals surface area contributed by atoms with Crippen LogP contribution in [0, 0.1) is 0 Å². The van der Waals surface area contributed by atoms with Crippen LogP contribution in [0.15, 0.2) is 30.6 Å². The highest BCUT2D eigenvalue weighted by molar-refractivity contribution is 5.74. The van der Waals surface area contributed by atoms with Crippen molar-refractivity contribution in [2.24, 2.45) is 0 Å². The molecular weight excluding hydrogens is 162 g/mol. The molecule has 1 aliphatic heterocycles. The largest absolute Gasteiger partial charge is 0.307 e. The topological polar surface area (TPSA) is 47.7 Å². The second-order valence-electron chi connectivity index (χ2n) is 3.27. The third-order valence-electron chi connectivity index (χ3n) is 2.30. The standard InChI is InChI=1S/C10H9N3/c1-2-8-9(12-4-3-11-8)5-7(1)10-6-13-10/h1-5,10,13H,6H2/t10-/m1/s1. The Morgan fingerprint density at radius 1 is 1.15 bits per heavy atom. The quantitative estimate of drug-likeness (QED) is 0.657. The first-order valence-electron chi connectivity index (χ1n) is 4.37. The average molecular weight is 171 g/mol. The maximum Gasteiger partial charge on any atom is 0.0890 e. The number of fused-ring (bicyclic) bond motifs is 1. The molecule has 0 bridgehead atoms. The summed E-state index contributed by atoms with van der Waals surface area (Å²) >= 11 is 0. The first-order valence-corrected chi connectivity index (χ1v) is 4.37. The van der Waals surface area contributed by atoms with E-state index in [1.165, 1.54) is 5.56 Å². The smallest absolute Gasteiger partial charge is 0.0890 e. The summed E-state index contributed by atoms with van der Waals surface area (Å²) in [6, 6.07) is 6.79. The summed E-state index contributed by atoms with van der Waals surface area (Å²) in [5.74, 6) is 0. The minimum Gasteiger partial charge on any atom is -0.307 e. The van der Waals surface area contributed by atoms with Crippen LogP contribution in [0.4, 0.5) is 0 Å². The highest BCUT2D eigenvalue weighted by Gasteiger charge is 2.22. The van der Waals surface area contributed by atoms with Crippen molar-refractivity contribution in [3.8, 4) is 0 Å². The van der Waals surface area contributed by atoms with Gasteiger partial charge < -0.3 is 5.32 Å². The zero-order chi connectivity index (χ0) is 8.67. The van der Waals surface area contributed by atoms with Crippen molar-refractivity contribution in [1.82, 2.24) is 15.3 Å². The zero-order valence-corrected chi connectivity index (χ0v) is 7.07. The van der Waals surface area contributed by atoms with Crippen molar-refractivity contribution in [2.45, 2.75) is 6.04 Å². The first kappa shape index (κ1) is 6.97. The number of benzene rings is 1. The number of hydrogen-bond acceptors (Lipinski definition) is 3. The van der Waals surface area contributed by atoms with Gasteiger partial charge in [-0.2, -0.15) is 0 Å². The summed E-state index contributed by atoms with van der Waals surface area (Å²) in [6.45, 7) is 1.09. The Bertz CT molecular complexity index is 449. The fraction of sp³-hybridized carbons (Fsp3) is 0.200. The molecule has 2 aromatic rings. The maximum absolute atomic E-state index is 4.26. The van der Waals surface area contributed by atoms with Crippen molar-refractivity contribution in [3.05, 3.63) is 36.2 Å². The Morgan fingerprint density at radius 3 is 2.69 bits per heavy atom. The van der Waals surface area contributed by atoms with Gasteiger partial charge in [0.05, 0.1) is 11.0 Å². The van der Waals surface area contributed by atoms with E-state index >= 15 is 0 Å². The third kappa shape index (κ3) is 1.17. The van der Waals surface area contributed by atoms with Gasteiger partial charge in [0.2, 0.25) is 0 Å². The molecule has 1 N–H and O–H groups in total. The predicted molar refractivity (Wildman–Crippen MR) is 50.3 cm³/mol. The summed E-state index contributed by atoms with van der Waals surface area (Å²) in [5.41, 5.74) is 3.26. The van der Waals surface area contributed by atoms with Gasteiger partial charge in [-0.3, -0.25) is 9.97 Å². The van der Waals surface area contributed by atoms with Gasteiger partial charge >= 0.3 is 0 Å². The number of aromatic nitrogens is 2. The highest BCUT2D eigenvalue weighted by atomic mass is 15.1. The SMILES string of the molecule is c1cnc2cc([C@H]3CN3)ccc2n1. The summed E-state index contributed by atoms with van der Waals surface area (Å²) in [5, 5.41) is 3.27. The minimum absolute atomic E-state index is 0.548. The molecule has 64 valence electrons. The van der Waals surface area contributed by atoms with Crippen LogP contribution in [0.3, 0.4) is 0 Å². The maximum atomic E-state index is 4.26. The fourth-order valence-corrected chi connectivity index (χ4v) is 1.49. The second kappa shape index (κ2) is 2.50. The van der Waals surface area contributed by atoms with Crippen molar-refractivity contribution in [3.63, 3.8) is 0 Å². The van der Waals surface area contributed by atoms with Crippen molar-refractivity contribution >= 4 is 11.0 Å². The fourth-order valence-electron chi connectivity index (χ4n) is 1.49. The number of rotatable bonds is 1. The molecule has 1 aromatic carbocycles. The molecule has 1 aromatic heterocycles. The molecule has 0 radical (unpaired) electrons. The van der Waals surface area contributed by atoms with E-state index in [9.17, 15) is 0 Å². The van der Waals surface area contributed by atoms with Gasteiger partial charge in [-0.1, -0.05) is 6.07 Å². The molecule has 3 nitrogen and oxygen atoms in total. The monoisotopic (exact) mass is 171 g/mol. The highest BCUT2D eigenvalue weighted by Crippen LogP contribution is 2.23. The van der Waals surface area contributed by atoms with Crippen molar-refractivity contribution in [1.29, 1.82) is 0 Å². The van der Waals surface area contributed by atoms with Gasteiger partial charge in [-0.05, 0) is 17.7 Å². The van der Waals surface area contributed by atoms with Crippen LogP contribution in [0.2, 0.25) is 0 Å². The predicted octanol–water partition coefficient (Wildman–Crippen LogP) is 1.27. The van der Waals surface area contributed by atoms with Crippen molar-refractivity contribution < 1.29 is 0 Å². The van der Waals surface area contributed by atoms with Crippen molar-refractivity contribution in [2.75, 3.05) is 6.54 Å². The zero-order valence-electron chi connectivity index (χ0n) is 7.07. The molecule has 1 saturated heterocycles. The average Bonchev–Trinajstić information content (AvgIpc) is 3.00. The third-order valence-corrected chi connectivity index (χ3v) is 2.30. The van der Waals surface area contributed by atoms with Gasteiger partial charge in [0.1, 0.15) is 0 Å². The molecule has 2 heterocycles.